The Labute approximate surface area is 359 Å². The molecule has 320 valence electrons. The number of benzene rings is 2. The van der Waals surface area contributed by atoms with Crippen molar-refractivity contribution in [2.45, 2.75) is 80.1 Å². The zero-order valence-corrected chi connectivity index (χ0v) is 36.4. The van der Waals surface area contributed by atoms with Gasteiger partial charge >= 0.3 is 11.6 Å². The average Bonchev–Trinajstić information content (AvgIpc) is 3.55. The van der Waals surface area contributed by atoms with Crippen molar-refractivity contribution in [1.29, 1.82) is 0 Å². The normalized spacial score (nSPS) is 21.0. The van der Waals surface area contributed by atoms with E-state index < -0.39 is 17.5 Å². The molecule has 12 nitrogen and oxygen atoms in total. The zero-order valence-electron chi connectivity index (χ0n) is 34.2. The van der Waals surface area contributed by atoms with Gasteiger partial charge in [-0.2, -0.15) is 0 Å². The van der Waals surface area contributed by atoms with Crippen LogP contribution in [0.4, 0.5) is 9.59 Å². The molecule has 2 saturated carbocycles. The summed E-state index contributed by atoms with van der Waals surface area (Å²) in [6, 6.07) is 7.44. The van der Waals surface area contributed by atoms with Crippen LogP contribution in [0.25, 0.3) is 11.1 Å². The quantitative estimate of drug-likeness (QED) is 0.129. The number of aliphatic hydroxyl groups excluding tert-OH is 1. The van der Waals surface area contributed by atoms with Gasteiger partial charge in [0.15, 0.2) is 11.6 Å². The van der Waals surface area contributed by atoms with Crippen molar-refractivity contribution in [2.24, 2.45) is 23.7 Å². The topological polar surface area (TPSA) is 169 Å². The maximum absolute atomic E-state index is 13.2. The summed E-state index contributed by atoms with van der Waals surface area (Å²) < 4.78 is 25.0. The molecule has 2 fully saturated rings. The second-order valence-corrected chi connectivity index (χ2v) is 15.9. The molecule has 0 bridgehead atoms. The number of hydrogen-bond acceptors (Lipinski definition) is 12. The van der Waals surface area contributed by atoms with Crippen LogP contribution in [0.3, 0.4) is 0 Å². The smallest absolute Gasteiger partial charge is 0.511 e. The van der Waals surface area contributed by atoms with E-state index in [0.717, 1.165) is 22.3 Å². The highest BCUT2D eigenvalue weighted by Gasteiger charge is 2.49. The first-order valence-electron chi connectivity index (χ1n) is 19.7. The number of Topliss-reactive ketones (excluding diaryl/α,β-unsaturated/α-hetero) is 4. The summed E-state index contributed by atoms with van der Waals surface area (Å²) in [5, 5.41) is 11.4. The maximum atomic E-state index is 13.2. The number of rotatable bonds is 11. The fourth-order valence-corrected chi connectivity index (χ4v) is 8.96. The van der Waals surface area contributed by atoms with Gasteiger partial charge in [0.05, 0.1) is 24.4 Å². The molecule has 2 aromatic carbocycles. The van der Waals surface area contributed by atoms with Gasteiger partial charge < -0.3 is 28.8 Å². The van der Waals surface area contributed by atoms with Crippen molar-refractivity contribution < 1.29 is 57.6 Å². The molecule has 4 unspecified atom stereocenters. The van der Waals surface area contributed by atoms with Crippen LogP contribution >= 0.6 is 34.8 Å². The minimum absolute atomic E-state index is 0.0474. The lowest BCUT2D eigenvalue weighted by atomic mass is 9.79. The van der Waals surface area contributed by atoms with E-state index in [9.17, 15) is 33.9 Å². The number of aryl methyl sites for hydroxylation is 4. The van der Waals surface area contributed by atoms with E-state index in [2.05, 4.69) is 4.74 Å². The van der Waals surface area contributed by atoms with Crippen LogP contribution in [0.1, 0.15) is 85.8 Å². The second-order valence-electron chi connectivity index (χ2n) is 14.8. The first kappa shape index (κ1) is 47.6. The number of allylic oxidation sites excluding steroid dienone is 4. The summed E-state index contributed by atoms with van der Waals surface area (Å²) >= 11 is 17.6. The summed E-state index contributed by atoms with van der Waals surface area (Å²) in [7, 11) is 0. The molecule has 59 heavy (non-hydrogen) atoms. The van der Waals surface area contributed by atoms with Gasteiger partial charge in [-0.25, -0.2) is 9.59 Å². The molecule has 6 rings (SSSR count). The molecule has 0 radical (unpaired) electrons. The largest absolute Gasteiger partial charge is 0.513 e. The van der Waals surface area contributed by atoms with Crippen molar-refractivity contribution in [3.05, 3.63) is 79.2 Å². The lowest BCUT2D eigenvalue weighted by Crippen LogP contribution is -2.28. The number of carbonyl (C=O) groups is 6. The molecule has 0 aromatic heterocycles. The molecule has 15 heteroatoms. The van der Waals surface area contributed by atoms with Crippen LogP contribution in [0.15, 0.2) is 35.8 Å². The van der Waals surface area contributed by atoms with Gasteiger partial charge in [0, 0.05) is 95.3 Å². The average molecular weight is 878 g/mol. The van der Waals surface area contributed by atoms with E-state index in [1.807, 2.05) is 53.7 Å². The van der Waals surface area contributed by atoms with Crippen LogP contribution in [0.2, 0.25) is 10.0 Å². The van der Waals surface area contributed by atoms with Gasteiger partial charge in [0.2, 0.25) is 0 Å². The number of halogens is 3. The standard InChI is InChI=1S/C22H25ClO6.C17H17ClO3.C5H9ClO3/c1-4-27-7-8-28-22(26)29-21-15-6-5-14(24)11-16(15)20(25)19(21)18-13(3)9-12(2)10-17(18)23;1-8-5-9(2)14(13(18)6-8)15-16(20)11-4-3-10(19)7-12(11)17(15)21;1-2-8-3-4-9-5(6)7/h9-10,15-16H,4-8,11H2,1-3H3;5-6,11-12,21H,3-4,7H2,1-2H3;2-4H2,1H3. The number of ketones is 4. The van der Waals surface area contributed by atoms with Gasteiger partial charge in [-0.3, -0.25) is 19.2 Å². The maximum Gasteiger partial charge on any atom is 0.513 e. The number of aliphatic hydroxyl groups is 1. The Kier molecular flexibility index (Phi) is 17.7. The Morgan fingerprint density at radius 1 is 0.661 bits per heavy atom. The van der Waals surface area contributed by atoms with Gasteiger partial charge in [-0.05, 0) is 88.8 Å². The third-order valence-corrected chi connectivity index (χ3v) is 11.3. The summed E-state index contributed by atoms with van der Waals surface area (Å²) in [5.74, 6) is -1.27. The predicted molar refractivity (Wildman–Crippen MR) is 223 cm³/mol. The Bertz CT molecular complexity index is 1970. The van der Waals surface area contributed by atoms with Gasteiger partial charge in [0.1, 0.15) is 36.3 Å². The fourth-order valence-electron chi connectivity index (χ4n) is 8.06. The van der Waals surface area contributed by atoms with Crippen LogP contribution in [-0.2, 0) is 42.9 Å². The van der Waals surface area contributed by atoms with Gasteiger partial charge in [-0.15, -0.1) is 0 Å². The molecule has 0 amide bonds. The van der Waals surface area contributed by atoms with E-state index in [4.69, 9.17) is 53.8 Å². The molecular formula is C44H51Cl3O12. The molecular weight excluding hydrogens is 827 g/mol. The Morgan fingerprint density at radius 2 is 1.14 bits per heavy atom. The number of hydrogen-bond donors (Lipinski definition) is 1. The van der Waals surface area contributed by atoms with Crippen molar-refractivity contribution in [3.63, 3.8) is 0 Å². The van der Waals surface area contributed by atoms with Crippen molar-refractivity contribution in [2.75, 3.05) is 39.6 Å². The first-order valence-corrected chi connectivity index (χ1v) is 20.8. The molecule has 0 heterocycles. The van der Waals surface area contributed by atoms with Crippen LogP contribution in [0.5, 0.6) is 0 Å². The Morgan fingerprint density at radius 3 is 1.64 bits per heavy atom. The Hall–Kier alpha value is -4.07. The zero-order chi connectivity index (χ0) is 43.6. The highest BCUT2D eigenvalue weighted by Crippen LogP contribution is 2.49. The summed E-state index contributed by atoms with van der Waals surface area (Å²) in [6.07, 6.45) is 1.29. The summed E-state index contributed by atoms with van der Waals surface area (Å²) in [4.78, 5) is 71.6. The van der Waals surface area contributed by atoms with Gasteiger partial charge in [0.25, 0.3) is 0 Å². The molecule has 0 saturated heterocycles. The molecule has 1 N–H and O–H groups in total. The van der Waals surface area contributed by atoms with Gasteiger partial charge in [-0.1, -0.05) is 35.3 Å². The summed E-state index contributed by atoms with van der Waals surface area (Å²) in [5.41, 5.74) is 4.67. The lowest BCUT2D eigenvalue weighted by molar-refractivity contribution is -0.128. The van der Waals surface area contributed by atoms with Crippen molar-refractivity contribution >= 4 is 80.7 Å². The third kappa shape index (κ3) is 12.0. The minimum Gasteiger partial charge on any atom is -0.511 e. The number of fused-ring (bicyclic) bond motifs is 2. The highest BCUT2D eigenvalue weighted by molar-refractivity contribution is 6.61. The monoisotopic (exact) mass is 876 g/mol. The third-order valence-electron chi connectivity index (χ3n) is 10.5. The van der Waals surface area contributed by atoms with Crippen LogP contribution in [-0.4, -0.2) is 79.5 Å². The fraction of sp³-hybridized carbons (Fsp3) is 0.500. The van der Waals surface area contributed by atoms with Crippen molar-refractivity contribution in [1.82, 2.24) is 0 Å². The molecule has 4 aliphatic carbocycles. The minimum atomic E-state index is -0.886. The van der Waals surface area contributed by atoms with Crippen molar-refractivity contribution in [3.8, 4) is 0 Å². The molecule has 4 atom stereocenters. The van der Waals surface area contributed by atoms with E-state index >= 15 is 0 Å². The first-order chi connectivity index (χ1) is 28.0. The van der Waals surface area contributed by atoms with Crippen LogP contribution in [0, 0.1) is 51.4 Å². The van der Waals surface area contributed by atoms with E-state index in [-0.39, 0.29) is 85.1 Å². The molecule has 4 aliphatic rings. The predicted octanol–water partition coefficient (Wildman–Crippen LogP) is 9.62. The number of carbonyl (C=O) groups excluding carboxylic acids is 6. The summed E-state index contributed by atoms with van der Waals surface area (Å²) in [6.45, 7) is 13.4. The number of ether oxygens (including phenoxy) is 5. The lowest BCUT2D eigenvalue weighted by Gasteiger charge is -2.24. The van der Waals surface area contributed by atoms with E-state index in [0.29, 0.717) is 77.8 Å². The molecule has 0 aliphatic heterocycles. The molecule has 2 aromatic rings. The van der Waals surface area contributed by atoms with E-state index in [1.54, 1.807) is 12.1 Å². The molecule has 0 spiro atoms. The van der Waals surface area contributed by atoms with Crippen LogP contribution < -0.4 is 0 Å². The second kappa shape index (κ2) is 22.0. The Balaban J connectivity index is 0.000000223. The SMILES string of the molecule is CCOCCOC(=O)Cl.CCOCCOC(=O)OC1=C(c2c(C)cc(C)cc2Cl)C(=O)C2CC(=O)CCC12.Cc1cc(C)c(C2=C(O)C3CC(=O)CCC3C2=O)c(Cl)c1. The van der Waals surface area contributed by atoms with E-state index in [1.165, 1.54) is 0 Å². The highest BCUT2D eigenvalue weighted by atomic mass is 35.5.